The first-order valence-corrected chi connectivity index (χ1v) is 7.14. The highest BCUT2D eigenvalue weighted by atomic mass is 79.9. The highest BCUT2D eigenvalue weighted by molar-refractivity contribution is 9.10. The van der Waals surface area contributed by atoms with Gasteiger partial charge < -0.3 is 5.11 Å². The zero-order valence-electron chi connectivity index (χ0n) is 10.3. The number of hydrogen-bond donors (Lipinski definition) is 1. The Labute approximate surface area is 120 Å². The van der Waals surface area contributed by atoms with E-state index in [1.165, 1.54) is 11.6 Å². The molecule has 0 radical (unpaired) electrons. The summed E-state index contributed by atoms with van der Waals surface area (Å²) >= 11 is 3.22. The Morgan fingerprint density at radius 1 is 1.16 bits per heavy atom. The van der Waals surface area contributed by atoms with Gasteiger partial charge in [0.1, 0.15) is 5.82 Å². The minimum absolute atomic E-state index is 0.123. The first kappa shape index (κ1) is 12.8. The maximum Gasteiger partial charge on any atom is 0.130 e. The molecule has 0 aliphatic heterocycles. The van der Waals surface area contributed by atoms with E-state index in [4.69, 9.17) is 0 Å². The van der Waals surface area contributed by atoms with E-state index in [0.29, 0.717) is 16.0 Å². The van der Waals surface area contributed by atoms with E-state index in [2.05, 4.69) is 28.1 Å². The predicted octanol–water partition coefficient (Wildman–Crippen LogP) is 4.43. The standard InChI is InChI=1S/C16H14BrFO/c17-11-6-7-12(15(18)8-11)16(19)14-9-13(14)10-4-2-1-3-5-10/h1-8,13-14,16,19H,9H2. The monoisotopic (exact) mass is 320 g/mol. The predicted molar refractivity (Wildman–Crippen MR) is 76.3 cm³/mol. The fraction of sp³-hybridized carbons (Fsp3) is 0.250. The largest absolute Gasteiger partial charge is 0.388 e. The van der Waals surface area contributed by atoms with Crippen molar-refractivity contribution in [1.82, 2.24) is 0 Å². The number of aliphatic hydroxyl groups is 1. The average molecular weight is 321 g/mol. The van der Waals surface area contributed by atoms with Gasteiger partial charge in [-0.2, -0.15) is 0 Å². The molecule has 0 aromatic heterocycles. The fourth-order valence-corrected chi connectivity index (χ4v) is 2.95. The Bertz CT molecular complexity index is 585. The summed E-state index contributed by atoms with van der Waals surface area (Å²) < 4.78 is 14.5. The summed E-state index contributed by atoms with van der Waals surface area (Å²) in [7, 11) is 0. The molecule has 0 amide bonds. The Kier molecular flexibility index (Phi) is 3.42. The lowest BCUT2D eigenvalue weighted by Crippen LogP contribution is -2.04. The first-order chi connectivity index (χ1) is 9.16. The van der Waals surface area contributed by atoms with Crippen LogP contribution in [0.1, 0.15) is 29.6 Å². The van der Waals surface area contributed by atoms with Gasteiger partial charge >= 0.3 is 0 Å². The molecule has 0 heterocycles. The minimum atomic E-state index is -0.724. The lowest BCUT2D eigenvalue weighted by molar-refractivity contribution is 0.147. The molecule has 0 saturated heterocycles. The number of benzene rings is 2. The van der Waals surface area contributed by atoms with Crippen molar-refractivity contribution in [2.45, 2.75) is 18.4 Å². The highest BCUT2D eigenvalue weighted by Gasteiger charge is 2.44. The van der Waals surface area contributed by atoms with Crippen LogP contribution in [0.15, 0.2) is 53.0 Å². The van der Waals surface area contributed by atoms with Gasteiger partial charge in [0.05, 0.1) is 6.10 Å². The molecule has 19 heavy (non-hydrogen) atoms. The Morgan fingerprint density at radius 3 is 2.58 bits per heavy atom. The molecule has 0 spiro atoms. The zero-order valence-corrected chi connectivity index (χ0v) is 11.8. The summed E-state index contributed by atoms with van der Waals surface area (Å²) in [6, 6.07) is 14.9. The van der Waals surface area contributed by atoms with E-state index in [0.717, 1.165) is 6.42 Å². The van der Waals surface area contributed by atoms with Gasteiger partial charge in [0.2, 0.25) is 0 Å². The topological polar surface area (TPSA) is 20.2 Å². The molecule has 98 valence electrons. The van der Waals surface area contributed by atoms with Gasteiger partial charge in [0.15, 0.2) is 0 Å². The summed E-state index contributed by atoms with van der Waals surface area (Å²) in [5.74, 6) is 0.123. The second kappa shape index (κ2) is 5.06. The van der Waals surface area contributed by atoms with Gasteiger partial charge in [-0.15, -0.1) is 0 Å². The van der Waals surface area contributed by atoms with E-state index < -0.39 is 6.10 Å². The molecule has 1 fully saturated rings. The lowest BCUT2D eigenvalue weighted by atomic mass is 10.0. The molecule has 3 unspecified atom stereocenters. The van der Waals surface area contributed by atoms with Crippen LogP contribution in [-0.2, 0) is 0 Å². The van der Waals surface area contributed by atoms with Crippen LogP contribution in [0, 0.1) is 11.7 Å². The quantitative estimate of drug-likeness (QED) is 0.887. The second-order valence-electron chi connectivity index (χ2n) is 5.03. The summed E-state index contributed by atoms with van der Waals surface area (Å²) in [6.07, 6.45) is 0.194. The van der Waals surface area contributed by atoms with Crippen molar-refractivity contribution in [3.05, 3.63) is 69.9 Å². The van der Waals surface area contributed by atoms with E-state index in [9.17, 15) is 9.50 Å². The maximum atomic E-state index is 13.8. The molecule has 1 aliphatic carbocycles. The van der Waals surface area contributed by atoms with Crippen molar-refractivity contribution in [2.75, 3.05) is 0 Å². The van der Waals surface area contributed by atoms with Crippen LogP contribution in [0.2, 0.25) is 0 Å². The van der Waals surface area contributed by atoms with Crippen molar-refractivity contribution in [3.8, 4) is 0 Å². The second-order valence-corrected chi connectivity index (χ2v) is 5.94. The number of rotatable bonds is 3. The first-order valence-electron chi connectivity index (χ1n) is 6.35. The molecule has 1 N–H and O–H groups in total. The van der Waals surface area contributed by atoms with E-state index in [1.807, 2.05) is 18.2 Å². The molecular weight excluding hydrogens is 307 g/mol. The van der Waals surface area contributed by atoms with E-state index >= 15 is 0 Å². The minimum Gasteiger partial charge on any atom is -0.388 e. The Hall–Kier alpha value is -1.19. The maximum absolute atomic E-state index is 13.8. The SMILES string of the molecule is OC(c1ccc(Br)cc1F)C1CC1c1ccccc1. The summed E-state index contributed by atoms with van der Waals surface area (Å²) in [6.45, 7) is 0. The normalized spacial score (nSPS) is 23.1. The van der Waals surface area contributed by atoms with Gasteiger partial charge in [-0.05, 0) is 36.0 Å². The average Bonchev–Trinajstić information content (AvgIpc) is 3.19. The summed E-state index contributed by atoms with van der Waals surface area (Å²) in [5.41, 5.74) is 1.62. The van der Waals surface area contributed by atoms with Gasteiger partial charge in [-0.1, -0.05) is 52.3 Å². The molecule has 3 rings (SSSR count). The highest BCUT2D eigenvalue weighted by Crippen LogP contribution is 2.54. The summed E-state index contributed by atoms with van der Waals surface area (Å²) in [5, 5.41) is 10.3. The van der Waals surface area contributed by atoms with Crippen LogP contribution < -0.4 is 0 Å². The van der Waals surface area contributed by atoms with Crippen LogP contribution >= 0.6 is 15.9 Å². The third-order valence-corrected chi connectivity index (χ3v) is 4.25. The molecule has 3 atom stereocenters. The Balaban J connectivity index is 1.78. The van der Waals surface area contributed by atoms with Crippen LogP contribution in [-0.4, -0.2) is 5.11 Å². The molecule has 1 nitrogen and oxygen atoms in total. The number of halogens is 2. The van der Waals surface area contributed by atoms with E-state index in [1.54, 1.807) is 12.1 Å². The van der Waals surface area contributed by atoms with Crippen LogP contribution in [0.5, 0.6) is 0 Å². The Morgan fingerprint density at radius 2 is 1.89 bits per heavy atom. The molecule has 2 aromatic carbocycles. The summed E-state index contributed by atoms with van der Waals surface area (Å²) in [4.78, 5) is 0. The van der Waals surface area contributed by atoms with Crippen molar-refractivity contribution in [2.24, 2.45) is 5.92 Å². The third-order valence-electron chi connectivity index (χ3n) is 3.75. The zero-order chi connectivity index (χ0) is 13.4. The molecule has 1 aliphatic rings. The van der Waals surface area contributed by atoms with Crippen molar-refractivity contribution < 1.29 is 9.50 Å². The fourth-order valence-electron chi connectivity index (χ4n) is 2.62. The van der Waals surface area contributed by atoms with Gasteiger partial charge in [-0.3, -0.25) is 0 Å². The number of aliphatic hydroxyl groups excluding tert-OH is 1. The molecule has 0 bridgehead atoms. The molecule has 1 saturated carbocycles. The third kappa shape index (κ3) is 2.58. The van der Waals surface area contributed by atoms with Crippen molar-refractivity contribution in [1.29, 1.82) is 0 Å². The van der Waals surface area contributed by atoms with Crippen molar-refractivity contribution in [3.63, 3.8) is 0 Å². The van der Waals surface area contributed by atoms with Crippen LogP contribution in [0.3, 0.4) is 0 Å². The lowest BCUT2D eigenvalue weighted by Gasteiger charge is -2.12. The smallest absolute Gasteiger partial charge is 0.130 e. The van der Waals surface area contributed by atoms with E-state index in [-0.39, 0.29) is 11.7 Å². The number of hydrogen-bond acceptors (Lipinski definition) is 1. The van der Waals surface area contributed by atoms with Crippen molar-refractivity contribution >= 4 is 15.9 Å². The molecule has 3 heteroatoms. The molecule has 2 aromatic rings. The van der Waals surface area contributed by atoms with Gasteiger partial charge in [0, 0.05) is 10.0 Å². The molecular formula is C16H14BrFO. The van der Waals surface area contributed by atoms with Crippen LogP contribution in [0.25, 0.3) is 0 Å². The van der Waals surface area contributed by atoms with Crippen LogP contribution in [0.4, 0.5) is 4.39 Å². The van der Waals surface area contributed by atoms with Gasteiger partial charge in [0.25, 0.3) is 0 Å². The van der Waals surface area contributed by atoms with Gasteiger partial charge in [-0.25, -0.2) is 4.39 Å².